The van der Waals surface area contributed by atoms with Gasteiger partial charge in [0.2, 0.25) is 11.8 Å². The van der Waals surface area contributed by atoms with Crippen molar-refractivity contribution in [1.29, 1.82) is 0 Å². The summed E-state index contributed by atoms with van der Waals surface area (Å²) in [7, 11) is 0. The Labute approximate surface area is 159 Å². The van der Waals surface area contributed by atoms with Crippen LogP contribution in [0.1, 0.15) is 36.9 Å². The number of carbonyl (C=O) groups is 2. The van der Waals surface area contributed by atoms with Crippen LogP contribution >= 0.6 is 0 Å². The normalized spacial score (nSPS) is 11.5. The molecule has 0 heterocycles. The molecule has 142 valence electrons. The summed E-state index contributed by atoms with van der Waals surface area (Å²) in [6.45, 7) is 6.08. The number of hydrogen-bond donors (Lipinski definition) is 1. The quantitative estimate of drug-likeness (QED) is 0.680. The first-order valence-electron chi connectivity index (χ1n) is 9.04. The maximum Gasteiger partial charge on any atom is 0.247 e. The Morgan fingerprint density at radius 2 is 1.81 bits per heavy atom. The van der Waals surface area contributed by atoms with Crippen molar-refractivity contribution in [2.24, 2.45) is 0 Å². The molecule has 0 aliphatic carbocycles. The molecule has 0 aromatic heterocycles. The average Bonchev–Trinajstić information content (AvgIpc) is 2.68. The van der Waals surface area contributed by atoms with E-state index in [0.29, 0.717) is 19.4 Å². The highest BCUT2D eigenvalue weighted by atomic mass is 19.1. The van der Waals surface area contributed by atoms with Gasteiger partial charge in [-0.1, -0.05) is 55.5 Å². The molecule has 1 unspecified atom stereocenters. The summed E-state index contributed by atoms with van der Waals surface area (Å²) in [5.41, 5.74) is 1.49. The lowest BCUT2D eigenvalue weighted by atomic mass is 10.0. The molecule has 0 radical (unpaired) electrons. The highest BCUT2D eigenvalue weighted by Gasteiger charge is 2.30. The molecule has 0 aliphatic rings. The molecule has 0 saturated carbocycles. The summed E-state index contributed by atoms with van der Waals surface area (Å²) >= 11 is 0. The van der Waals surface area contributed by atoms with Gasteiger partial charge in [0.15, 0.2) is 0 Å². The van der Waals surface area contributed by atoms with Gasteiger partial charge in [0.25, 0.3) is 0 Å². The van der Waals surface area contributed by atoms with Gasteiger partial charge in [-0.2, -0.15) is 0 Å². The van der Waals surface area contributed by atoms with E-state index in [-0.39, 0.29) is 24.2 Å². The fourth-order valence-corrected chi connectivity index (χ4v) is 2.85. The van der Waals surface area contributed by atoms with Gasteiger partial charge in [-0.3, -0.25) is 9.59 Å². The van der Waals surface area contributed by atoms with E-state index in [1.165, 1.54) is 12.1 Å². The summed E-state index contributed by atoms with van der Waals surface area (Å²) < 4.78 is 13.2. The number of carbonyl (C=O) groups excluding carboxylic acids is 2. The van der Waals surface area contributed by atoms with Crippen LogP contribution in [0.5, 0.6) is 0 Å². The zero-order chi connectivity index (χ0) is 19.6. The Kier molecular flexibility index (Phi) is 7.74. The van der Waals surface area contributed by atoms with Gasteiger partial charge in [-0.25, -0.2) is 4.39 Å². The predicted octanol–water partition coefficient (Wildman–Crippen LogP) is 4.00. The van der Waals surface area contributed by atoms with E-state index in [9.17, 15) is 14.0 Å². The largest absolute Gasteiger partial charge is 0.351 e. The second-order valence-corrected chi connectivity index (χ2v) is 6.25. The Bertz CT molecular complexity index is 760. The van der Waals surface area contributed by atoms with Crippen LogP contribution in [-0.2, 0) is 16.1 Å². The first-order chi connectivity index (χ1) is 13.1. The Morgan fingerprint density at radius 1 is 1.15 bits per heavy atom. The second-order valence-electron chi connectivity index (χ2n) is 6.25. The maximum atomic E-state index is 13.2. The first-order valence-corrected chi connectivity index (χ1v) is 9.04. The molecule has 0 saturated heterocycles. The average molecular weight is 368 g/mol. The minimum Gasteiger partial charge on any atom is -0.351 e. The van der Waals surface area contributed by atoms with Gasteiger partial charge in [0, 0.05) is 19.5 Å². The molecule has 4 nitrogen and oxygen atoms in total. The fraction of sp³-hybridized carbons (Fsp3) is 0.273. The standard InChI is InChI=1S/C22H25FN2O2/c1-3-8-20(26)25(16-17-11-13-19(23)14-12-17)21(22(27)24-15-4-2)18-9-6-5-7-10-18/h4-7,9-14,21H,2-3,8,15-16H2,1H3,(H,24,27). The van der Waals surface area contributed by atoms with Gasteiger partial charge in [0.1, 0.15) is 11.9 Å². The molecular formula is C22H25FN2O2. The smallest absolute Gasteiger partial charge is 0.247 e. The van der Waals surface area contributed by atoms with Crippen molar-refractivity contribution >= 4 is 11.8 Å². The third-order valence-electron chi connectivity index (χ3n) is 4.15. The monoisotopic (exact) mass is 368 g/mol. The van der Waals surface area contributed by atoms with E-state index >= 15 is 0 Å². The van der Waals surface area contributed by atoms with Crippen molar-refractivity contribution in [3.8, 4) is 0 Å². The molecular weight excluding hydrogens is 343 g/mol. The van der Waals surface area contributed by atoms with E-state index < -0.39 is 6.04 Å². The van der Waals surface area contributed by atoms with E-state index in [1.807, 2.05) is 37.3 Å². The molecule has 1 N–H and O–H groups in total. The van der Waals surface area contributed by atoms with Crippen molar-refractivity contribution in [3.05, 3.63) is 84.2 Å². The first kappa shape index (κ1) is 20.4. The van der Waals surface area contributed by atoms with Crippen LogP contribution < -0.4 is 5.32 Å². The SMILES string of the molecule is C=CCNC(=O)C(c1ccccc1)N(Cc1ccc(F)cc1)C(=O)CCC. The van der Waals surface area contributed by atoms with E-state index in [4.69, 9.17) is 0 Å². The summed E-state index contributed by atoms with van der Waals surface area (Å²) in [5.74, 6) is -0.731. The second kappa shape index (κ2) is 10.3. The van der Waals surface area contributed by atoms with Gasteiger partial charge < -0.3 is 10.2 Å². The Hall–Kier alpha value is -2.95. The van der Waals surface area contributed by atoms with Crippen LogP contribution in [0.15, 0.2) is 67.3 Å². The summed E-state index contributed by atoms with van der Waals surface area (Å²) in [5, 5.41) is 2.79. The number of rotatable bonds is 9. The number of halogens is 1. The molecule has 0 aliphatic heterocycles. The number of hydrogen-bond acceptors (Lipinski definition) is 2. The molecule has 2 aromatic rings. The number of amides is 2. The van der Waals surface area contributed by atoms with Crippen LogP contribution in [0.4, 0.5) is 4.39 Å². The number of benzene rings is 2. The van der Waals surface area contributed by atoms with Gasteiger partial charge >= 0.3 is 0 Å². The highest BCUT2D eigenvalue weighted by Crippen LogP contribution is 2.25. The van der Waals surface area contributed by atoms with Gasteiger partial charge in [-0.05, 0) is 29.7 Å². The lowest BCUT2D eigenvalue weighted by Gasteiger charge is -2.31. The molecule has 0 spiro atoms. The maximum absolute atomic E-state index is 13.2. The van der Waals surface area contributed by atoms with Crippen LogP contribution in [-0.4, -0.2) is 23.3 Å². The summed E-state index contributed by atoms with van der Waals surface area (Å²) in [6.07, 6.45) is 2.60. The molecule has 2 amide bonds. The van der Waals surface area contributed by atoms with Crippen LogP contribution in [0.3, 0.4) is 0 Å². The van der Waals surface area contributed by atoms with Gasteiger partial charge in [-0.15, -0.1) is 6.58 Å². The van der Waals surface area contributed by atoms with E-state index in [0.717, 1.165) is 11.1 Å². The van der Waals surface area contributed by atoms with Crippen molar-refractivity contribution in [2.45, 2.75) is 32.4 Å². The molecule has 2 rings (SSSR count). The Balaban J connectivity index is 2.41. The number of nitrogens with zero attached hydrogens (tertiary/aromatic N) is 1. The Morgan fingerprint density at radius 3 is 2.41 bits per heavy atom. The fourth-order valence-electron chi connectivity index (χ4n) is 2.85. The summed E-state index contributed by atoms with van der Waals surface area (Å²) in [6, 6.07) is 14.4. The van der Waals surface area contributed by atoms with Crippen LogP contribution in [0.25, 0.3) is 0 Å². The lowest BCUT2D eigenvalue weighted by molar-refractivity contribution is -0.141. The third-order valence-corrected chi connectivity index (χ3v) is 4.15. The molecule has 5 heteroatoms. The third kappa shape index (κ3) is 5.78. The summed E-state index contributed by atoms with van der Waals surface area (Å²) in [4.78, 5) is 27.3. The predicted molar refractivity (Wildman–Crippen MR) is 104 cm³/mol. The van der Waals surface area contributed by atoms with Crippen molar-refractivity contribution in [3.63, 3.8) is 0 Å². The molecule has 2 aromatic carbocycles. The topological polar surface area (TPSA) is 49.4 Å². The van der Waals surface area contributed by atoms with Crippen molar-refractivity contribution in [2.75, 3.05) is 6.54 Å². The van der Waals surface area contributed by atoms with Crippen LogP contribution in [0, 0.1) is 5.82 Å². The zero-order valence-electron chi connectivity index (χ0n) is 15.5. The lowest BCUT2D eigenvalue weighted by Crippen LogP contribution is -2.43. The molecule has 0 bridgehead atoms. The number of nitrogens with one attached hydrogen (secondary N) is 1. The highest BCUT2D eigenvalue weighted by molar-refractivity contribution is 5.88. The molecule has 1 atom stereocenters. The zero-order valence-corrected chi connectivity index (χ0v) is 15.5. The van der Waals surface area contributed by atoms with E-state index in [1.54, 1.807) is 23.1 Å². The van der Waals surface area contributed by atoms with Gasteiger partial charge in [0.05, 0.1) is 0 Å². The molecule has 27 heavy (non-hydrogen) atoms. The van der Waals surface area contributed by atoms with E-state index in [2.05, 4.69) is 11.9 Å². The van der Waals surface area contributed by atoms with Crippen molar-refractivity contribution in [1.82, 2.24) is 10.2 Å². The minimum atomic E-state index is -0.768. The van der Waals surface area contributed by atoms with Crippen molar-refractivity contribution < 1.29 is 14.0 Å². The van der Waals surface area contributed by atoms with Crippen LogP contribution in [0.2, 0.25) is 0 Å². The molecule has 0 fully saturated rings. The minimum absolute atomic E-state index is 0.121.